The number of esters is 1. The van der Waals surface area contributed by atoms with Gasteiger partial charge in [-0.05, 0) is 34.1 Å². The smallest absolute Gasteiger partial charge is 0.408 e. The third-order valence-electron chi connectivity index (χ3n) is 2.01. The molecule has 0 aliphatic rings. The van der Waals surface area contributed by atoms with Gasteiger partial charge in [-0.15, -0.1) is 0 Å². The second-order valence-electron chi connectivity index (χ2n) is 4.89. The van der Waals surface area contributed by atoms with Gasteiger partial charge in [0, 0.05) is 5.33 Å². The molecule has 0 aromatic rings. The summed E-state index contributed by atoms with van der Waals surface area (Å²) in [5.74, 6) is -0.497. The van der Waals surface area contributed by atoms with Crippen LogP contribution in [0, 0.1) is 0 Å². The van der Waals surface area contributed by atoms with Crippen molar-refractivity contribution < 1.29 is 19.1 Å². The van der Waals surface area contributed by atoms with Crippen LogP contribution in [0.4, 0.5) is 4.79 Å². The molecule has 0 saturated heterocycles. The summed E-state index contributed by atoms with van der Waals surface area (Å²) in [6, 6.07) is 0. The summed E-state index contributed by atoms with van der Waals surface area (Å²) in [5.41, 5.74) is -1.68. The minimum Gasteiger partial charge on any atom is -0.467 e. The van der Waals surface area contributed by atoms with Gasteiger partial charge in [0.05, 0.1) is 7.11 Å². The maximum absolute atomic E-state index is 11.6. The Bertz CT molecular complexity index is 288. The van der Waals surface area contributed by atoms with E-state index in [2.05, 4.69) is 26.0 Å². The fraction of sp³-hybridized carbons (Fsp3) is 0.818. The number of rotatable bonds is 4. The van der Waals surface area contributed by atoms with E-state index in [4.69, 9.17) is 4.74 Å². The van der Waals surface area contributed by atoms with Crippen LogP contribution in [-0.4, -0.2) is 35.6 Å². The summed E-state index contributed by atoms with van der Waals surface area (Å²) in [4.78, 5) is 23.2. The molecule has 0 fully saturated rings. The normalized spacial score (nSPS) is 14.7. The highest BCUT2D eigenvalue weighted by molar-refractivity contribution is 9.09. The molecule has 0 bridgehead atoms. The molecule has 5 nitrogen and oxygen atoms in total. The quantitative estimate of drug-likeness (QED) is 0.639. The Balaban J connectivity index is 4.66. The van der Waals surface area contributed by atoms with Crippen LogP contribution in [-0.2, 0) is 14.3 Å². The Morgan fingerprint density at radius 1 is 1.24 bits per heavy atom. The summed E-state index contributed by atoms with van der Waals surface area (Å²) in [6.45, 7) is 6.87. The molecular formula is C11H20BrNO4. The monoisotopic (exact) mass is 309 g/mol. The van der Waals surface area contributed by atoms with Gasteiger partial charge < -0.3 is 14.8 Å². The molecule has 0 spiro atoms. The predicted octanol–water partition coefficient (Wildman–Crippen LogP) is 2.23. The Hall–Kier alpha value is -0.780. The van der Waals surface area contributed by atoms with Crippen molar-refractivity contribution >= 4 is 28.0 Å². The molecule has 0 aliphatic carbocycles. The lowest BCUT2D eigenvalue weighted by Crippen LogP contribution is -2.54. The van der Waals surface area contributed by atoms with Gasteiger partial charge in [-0.1, -0.05) is 15.9 Å². The molecule has 1 atom stereocenters. The fourth-order valence-corrected chi connectivity index (χ4v) is 1.95. The molecule has 100 valence electrons. The van der Waals surface area contributed by atoms with Crippen LogP contribution in [0.2, 0.25) is 0 Å². The van der Waals surface area contributed by atoms with Crippen molar-refractivity contribution in [2.75, 3.05) is 12.4 Å². The van der Waals surface area contributed by atoms with E-state index in [1.54, 1.807) is 27.7 Å². The lowest BCUT2D eigenvalue weighted by atomic mass is 9.99. The lowest BCUT2D eigenvalue weighted by molar-refractivity contribution is -0.147. The van der Waals surface area contributed by atoms with Crippen molar-refractivity contribution in [2.45, 2.75) is 45.3 Å². The standard InChI is InChI=1S/C11H20BrNO4/c1-10(2,3)17-9(15)13-11(4,6-7-12)8(14)16-5/h6-7H2,1-5H3,(H,13,15). The summed E-state index contributed by atoms with van der Waals surface area (Å²) in [6.07, 6.45) is -0.217. The molecule has 0 aliphatic heterocycles. The van der Waals surface area contributed by atoms with E-state index in [9.17, 15) is 9.59 Å². The minimum absolute atomic E-state index is 0.416. The number of hydrogen-bond acceptors (Lipinski definition) is 4. The number of carbonyl (C=O) groups excluding carboxylic acids is 2. The maximum atomic E-state index is 11.6. The molecular weight excluding hydrogens is 290 g/mol. The highest BCUT2D eigenvalue weighted by atomic mass is 79.9. The number of ether oxygens (including phenoxy) is 2. The molecule has 0 aromatic heterocycles. The van der Waals surface area contributed by atoms with Crippen molar-refractivity contribution in [3.8, 4) is 0 Å². The first-order valence-electron chi connectivity index (χ1n) is 5.30. The topological polar surface area (TPSA) is 64.6 Å². The van der Waals surface area contributed by atoms with E-state index in [0.717, 1.165) is 0 Å². The molecule has 17 heavy (non-hydrogen) atoms. The van der Waals surface area contributed by atoms with E-state index >= 15 is 0 Å². The third kappa shape index (κ3) is 5.91. The molecule has 1 N–H and O–H groups in total. The second-order valence-corrected chi connectivity index (χ2v) is 5.68. The zero-order chi connectivity index (χ0) is 13.7. The van der Waals surface area contributed by atoms with Crippen LogP contribution in [0.25, 0.3) is 0 Å². The molecule has 1 unspecified atom stereocenters. The number of halogens is 1. The molecule has 1 amide bonds. The first-order chi connectivity index (χ1) is 7.64. The molecule has 0 heterocycles. The van der Waals surface area contributed by atoms with Crippen molar-refractivity contribution in [1.82, 2.24) is 5.32 Å². The molecule has 0 aromatic carbocycles. The van der Waals surface area contributed by atoms with Gasteiger partial charge in [0.15, 0.2) is 0 Å². The van der Waals surface area contributed by atoms with Crippen LogP contribution < -0.4 is 5.32 Å². The van der Waals surface area contributed by atoms with Crippen LogP contribution in [0.15, 0.2) is 0 Å². The summed E-state index contributed by atoms with van der Waals surface area (Å²) >= 11 is 3.23. The van der Waals surface area contributed by atoms with E-state index < -0.39 is 23.2 Å². The fourth-order valence-electron chi connectivity index (χ4n) is 1.16. The summed E-state index contributed by atoms with van der Waals surface area (Å²) in [7, 11) is 1.28. The van der Waals surface area contributed by atoms with E-state index in [0.29, 0.717) is 11.8 Å². The van der Waals surface area contributed by atoms with Crippen LogP contribution in [0.3, 0.4) is 0 Å². The number of alkyl carbamates (subject to hydrolysis) is 1. The van der Waals surface area contributed by atoms with Crippen LogP contribution >= 0.6 is 15.9 Å². The number of hydrogen-bond donors (Lipinski definition) is 1. The zero-order valence-corrected chi connectivity index (χ0v) is 12.5. The Labute approximate surface area is 110 Å². The Morgan fingerprint density at radius 3 is 2.12 bits per heavy atom. The molecule has 0 rings (SSSR count). The van der Waals surface area contributed by atoms with Crippen molar-refractivity contribution in [3.05, 3.63) is 0 Å². The molecule has 6 heteroatoms. The summed E-state index contributed by atoms with van der Waals surface area (Å²) in [5, 5.41) is 3.10. The molecule has 0 radical (unpaired) electrons. The van der Waals surface area contributed by atoms with Crippen molar-refractivity contribution in [1.29, 1.82) is 0 Å². The van der Waals surface area contributed by atoms with Crippen molar-refractivity contribution in [3.63, 3.8) is 0 Å². The average Bonchev–Trinajstić information content (AvgIpc) is 2.13. The number of nitrogens with one attached hydrogen (secondary N) is 1. The van der Waals surface area contributed by atoms with Gasteiger partial charge in [-0.25, -0.2) is 9.59 Å². The predicted molar refractivity (Wildman–Crippen MR) is 68.2 cm³/mol. The number of carbonyl (C=O) groups is 2. The van der Waals surface area contributed by atoms with Crippen molar-refractivity contribution in [2.24, 2.45) is 0 Å². The average molecular weight is 310 g/mol. The minimum atomic E-state index is -1.08. The van der Waals surface area contributed by atoms with Crippen LogP contribution in [0.1, 0.15) is 34.1 Å². The zero-order valence-electron chi connectivity index (χ0n) is 10.9. The highest BCUT2D eigenvalue weighted by Gasteiger charge is 2.36. The van der Waals surface area contributed by atoms with E-state index in [1.165, 1.54) is 7.11 Å². The van der Waals surface area contributed by atoms with E-state index in [-0.39, 0.29) is 0 Å². The van der Waals surface area contributed by atoms with Gasteiger partial charge in [0.25, 0.3) is 0 Å². The summed E-state index contributed by atoms with van der Waals surface area (Å²) < 4.78 is 9.77. The first-order valence-corrected chi connectivity index (χ1v) is 6.42. The van der Waals surface area contributed by atoms with Gasteiger partial charge in [0.1, 0.15) is 11.1 Å². The Kier molecular flexibility index (Phi) is 5.95. The maximum Gasteiger partial charge on any atom is 0.408 e. The lowest BCUT2D eigenvalue weighted by Gasteiger charge is -2.29. The third-order valence-corrected chi connectivity index (χ3v) is 2.40. The van der Waals surface area contributed by atoms with Gasteiger partial charge in [-0.3, -0.25) is 0 Å². The number of methoxy groups -OCH3 is 1. The SMILES string of the molecule is COC(=O)C(C)(CCBr)NC(=O)OC(C)(C)C. The van der Waals surface area contributed by atoms with Gasteiger partial charge >= 0.3 is 12.1 Å². The van der Waals surface area contributed by atoms with E-state index in [1.807, 2.05) is 0 Å². The van der Waals surface area contributed by atoms with Crippen LogP contribution in [0.5, 0.6) is 0 Å². The first kappa shape index (κ1) is 16.2. The second kappa shape index (κ2) is 6.23. The highest BCUT2D eigenvalue weighted by Crippen LogP contribution is 2.15. The number of alkyl halides is 1. The van der Waals surface area contributed by atoms with Gasteiger partial charge in [0.2, 0.25) is 0 Å². The van der Waals surface area contributed by atoms with Gasteiger partial charge in [-0.2, -0.15) is 0 Å². The Morgan fingerprint density at radius 2 is 1.76 bits per heavy atom. The largest absolute Gasteiger partial charge is 0.467 e. The number of amides is 1. The molecule has 0 saturated carbocycles.